The fourth-order valence-corrected chi connectivity index (χ4v) is 4.26. The highest BCUT2D eigenvalue weighted by Gasteiger charge is 2.25. The molecule has 0 N–H and O–H groups in total. The lowest BCUT2D eigenvalue weighted by atomic mass is 9.85. The average molecular weight is 410 g/mol. The monoisotopic (exact) mass is 409 g/mol. The van der Waals surface area contributed by atoms with Crippen LogP contribution in [0.15, 0.2) is 46.5 Å². The van der Waals surface area contributed by atoms with E-state index < -0.39 is 0 Å². The number of carbonyl (C=O) groups excluding carboxylic acids is 1. The Bertz CT molecular complexity index is 891. The van der Waals surface area contributed by atoms with E-state index >= 15 is 0 Å². The molecule has 0 spiro atoms. The van der Waals surface area contributed by atoms with E-state index in [0.29, 0.717) is 18.2 Å². The van der Waals surface area contributed by atoms with Crippen molar-refractivity contribution in [2.24, 2.45) is 10.9 Å². The standard InChI is InChI=1S/C24H31N3OS/c1-5-17(3)26-22(6-2)24(28)27(14-19-8-7-9-19)15-20-10-12-21(13-11-20)23-18(4)25-16-29-23/h6,10-13,16,19H,5,7-9,14-15H2,1-4H3/b22-6-,26-17+. The van der Waals surface area contributed by atoms with Gasteiger partial charge in [-0.3, -0.25) is 9.79 Å². The van der Waals surface area contributed by atoms with E-state index in [-0.39, 0.29) is 5.91 Å². The van der Waals surface area contributed by atoms with Crippen LogP contribution in [0.2, 0.25) is 0 Å². The zero-order chi connectivity index (χ0) is 20.8. The summed E-state index contributed by atoms with van der Waals surface area (Å²) >= 11 is 1.66. The third-order valence-corrected chi connectivity index (χ3v) is 6.62. The summed E-state index contributed by atoms with van der Waals surface area (Å²) in [6.07, 6.45) is 6.40. The van der Waals surface area contributed by atoms with Crippen molar-refractivity contribution < 1.29 is 4.79 Å². The summed E-state index contributed by atoms with van der Waals surface area (Å²) in [5.74, 6) is 0.655. The first kappa shape index (κ1) is 21.4. The van der Waals surface area contributed by atoms with Crippen molar-refractivity contribution in [3.8, 4) is 10.4 Å². The molecule has 1 saturated carbocycles. The van der Waals surface area contributed by atoms with E-state index in [9.17, 15) is 4.79 Å². The maximum atomic E-state index is 13.2. The molecule has 3 rings (SSSR count). The summed E-state index contributed by atoms with van der Waals surface area (Å²) in [4.78, 5) is 25.3. The van der Waals surface area contributed by atoms with Crippen LogP contribution in [-0.4, -0.2) is 28.0 Å². The number of rotatable bonds is 8. The maximum absolute atomic E-state index is 13.2. The summed E-state index contributed by atoms with van der Waals surface area (Å²) < 4.78 is 0. The molecule has 4 nitrogen and oxygen atoms in total. The lowest BCUT2D eigenvalue weighted by Crippen LogP contribution is -2.37. The van der Waals surface area contributed by atoms with Gasteiger partial charge in [-0.05, 0) is 57.1 Å². The SMILES string of the molecule is C/C=C(\N=C(/C)CC)C(=O)N(Cc1ccc(-c2scnc2C)cc1)CC1CCC1. The zero-order valence-electron chi connectivity index (χ0n) is 17.9. The molecule has 0 atom stereocenters. The molecule has 29 heavy (non-hydrogen) atoms. The van der Waals surface area contributed by atoms with Crippen LogP contribution >= 0.6 is 11.3 Å². The second-order valence-electron chi connectivity index (χ2n) is 7.82. The van der Waals surface area contributed by atoms with Crippen molar-refractivity contribution in [1.29, 1.82) is 0 Å². The first-order valence-electron chi connectivity index (χ1n) is 10.5. The fraction of sp³-hybridized carbons (Fsp3) is 0.458. The second-order valence-corrected chi connectivity index (χ2v) is 8.68. The normalized spacial score (nSPS) is 15.3. The molecule has 2 aromatic rings. The predicted molar refractivity (Wildman–Crippen MR) is 122 cm³/mol. The van der Waals surface area contributed by atoms with Crippen LogP contribution in [-0.2, 0) is 11.3 Å². The lowest BCUT2D eigenvalue weighted by Gasteiger charge is -2.32. The molecular formula is C24H31N3OS. The molecule has 1 aromatic carbocycles. The number of hydrogen-bond acceptors (Lipinski definition) is 4. The molecule has 5 heteroatoms. The van der Waals surface area contributed by atoms with Gasteiger partial charge in [-0.25, -0.2) is 4.98 Å². The summed E-state index contributed by atoms with van der Waals surface area (Å²) in [5.41, 5.74) is 6.82. The highest BCUT2D eigenvalue weighted by atomic mass is 32.1. The third kappa shape index (κ3) is 5.41. The minimum Gasteiger partial charge on any atom is -0.333 e. The van der Waals surface area contributed by atoms with E-state index in [4.69, 9.17) is 0 Å². The van der Waals surface area contributed by atoms with Crippen molar-refractivity contribution in [2.75, 3.05) is 6.54 Å². The number of allylic oxidation sites excluding steroid dienone is 1. The van der Waals surface area contributed by atoms with Gasteiger partial charge < -0.3 is 4.90 Å². The summed E-state index contributed by atoms with van der Waals surface area (Å²) in [7, 11) is 0. The van der Waals surface area contributed by atoms with Gasteiger partial charge in [0.15, 0.2) is 0 Å². The Morgan fingerprint density at radius 1 is 1.31 bits per heavy atom. The molecule has 0 saturated heterocycles. The number of amides is 1. The summed E-state index contributed by atoms with van der Waals surface area (Å²) in [6.45, 7) is 9.41. The minimum absolute atomic E-state index is 0.0366. The largest absolute Gasteiger partial charge is 0.333 e. The van der Waals surface area contributed by atoms with Crippen LogP contribution in [0.1, 0.15) is 57.7 Å². The van der Waals surface area contributed by atoms with Crippen molar-refractivity contribution in [3.63, 3.8) is 0 Å². The number of aliphatic imine (C=N–C) groups is 1. The fourth-order valence-electron chi connectivity index (χ4n) is 3.45. The molecule has 1 aromatic heterocycles. The Labute approximate surface area is 178 Å². The van der Waals surface area contributed by atoms with E-state index in [1.807, 2.05) is 37.3 Å². The van der Waals surface area contributed by atoms with Crippen molar-refractivity contribution >= 4 is 23.0 Å². The van der Waals surface area contributed by atoms with Crippen LogP contribution in [0, 0.1) is 12.8 Å². The molecule has 1 heterocycles. The Morgan fingerprint density at radius 3 is 2.55 bits per heavy atom. The van der Waals surface area contributed by atoms with E-state index in [1.54, 1.807) is 11.3 Å². The molecular weight excluding hydrogens is 378 g/mol. The Morgan fingerprint density at radius 2 is 2.03 bits per heavy atom. The summed E-state index contributed by atoms with van der Waals surface area (Å²) in [6, 6.07) is 8.53. The molecule has 1 aliphatic carbocycles. The quantitative estimate of drug-likeness (QED) is 0.395. The Kier molecular flexibility index (Phi) is 7.37. The molecule has 1 amide bonds. The molecule has 154 valence electrons. The highest BCUT2D eigenvalue weighted by molar-refractivity contribution is 7.13. The smallest absolute Gasteiger partial charge is 0.272 e. The zero-order valence-corrected chi connectivity index (χ0v) is 18.8. The van der Waals surface area contributed by atoms with Crippen LogP contribution in [0.4, 0.5) is 0 Å². The van der Waals surface area contributed by atoms with Crippen molar-refractivity contribution in [2.45, 2.75) is 59.9 Å². The van der Waals surface area contributed by atoms with Gasteiger partial charge in [0.25, 0.3) is 5.91 Å². The second kappa shape index (κ2) is 9.97. The Balaban J connectivity index is 1.78. The maximum Gasteiger partial charge on any atom is 0.272 e. The van der Waals surface area contributed by atoms with Gasteiger partial charge >= 0.3 is 0 Å². The number of benzene rings is 1. The topological polar surface area (TPSA) is 45.6 Å². The van der Waals surface area contributed by atoms with Crippen LogP contribution in [0.3, 0.4) is 0 Å². The van der Waals surface area contributed by atoms with E-state index in [0.717, 1.165) is 29.9 Å². The van der Waals surface area contributed by atoms with Gasteiger partial charge in [-0.15, -0.1) is 11.3 Å². The molecule has 1 fully saturated rings. The molecule has 0 bridgehead atoms. The van der Waals surface area contributed by atoms with Gasteiger partial charge in [0, 0.05) is 18.8 Å². The van der Waals surface area contributed by atoms with Crippen LogP contribution < -0.4 is 0 Å². The number of thiazole rings is 1. The van der Waals surface area contributed by atoms with Gasteiger partial charge in [0.1, 0.15) is 5.70 Å². The van der Waals surface area contributed by atoms with Gasteiger partial charge in [0.05, 0.1) is 16.1 Å². The van der Waals surface area contributed by atoms with Crippen molar-refractivity contribution in [1.82, 2.24) is 9.88 Å². The highest BCUT2D eigenvalue weighted by Crippen LogP contribution is 2.30. The first-order chi connectivity index (χ1) is 14.0. The molecule has 0 aliphatic heterocycles. The first-order valence-corrected chi connectivity index (χ1v) is 11.4. The minimum atomic E-state index is 0.0366. The van der Waals surface area contributed by atoms with Crippen molar-refractivity contribution in [3.05, 3.63) is 52.8 Å². The number of aromatic nitrogens is 1. The molecule has 0 unspecified atom stereocenters. The number of carbonyl (C=O) groups is 1. The Hall–Kier alpha value is -2.27. The lowest BCUT2D eigenvalue weighted by molar-refractivity contribution is -0.128. The van der Waals surface area contributed by atoms with Crippen LogP contribution in [0.25, 0.3) is 10.4 Å². The van der Waals surface area contributed by atoms with Gasteiger partial charge in [0.2, 0.25) is 0 Å². The third-order valence-electron chi connectivity index (χ3n) is 5.64. The number of hydrogen-bond donors (Lipinski definition) is 0. The van der Waals surface area contributed by atoms with Gasteiger partial charge in [-0.2, -0.15) is 0 Å². The van der Waals surface area contributed by atoms with E-state index in [1.165, 1.54) is 29.7 Å². The summed E-state index contributed by atoms with van der Waals surface area (Å²) in [5, 5.41) is 0. The molecule has 1 aliphatic rings. The predicted octanol–water partition coefficient (Wildman–Crippen LogP) is 6.02. The van der Waals surface area contributed by atoms with Gasteiger partial charge in [-0.1, -0.05) is 43.7 Å². The average Bonchev–Trinajstić information content (AvgIpc) is 3.13. The van der Waals surface area contributed by atoms with E-state index in [2.05, 4.69) is 41.2 Å². The number of aryl methyl sites for hydroxylation is 1. The van der Waals surface area contributed by atoms with Crippen LogP contribution in [0.5, 0.6) is 0 Å². The number of nitrogens with zero attached hydrogens (tertiary/aromatic N) is 3. The molecule has 0 radical (unpaired) electrons.